The highest BCUT2D eigenvalue weighted by Gasteiger charge is 1.98. The number of nitrogens with zero attached hydrogens (tertiary/aromatic N) is 1. The molecule has 2 rings (SSSR count). The molecule has 19 heavy (non-hydrogen) atoms. The van der Waals surface area contributed by atoms with E-state index in [-0.39, 0.29) is 30.6 Å². The van der Waals surface area contributed by atoms with Gasteiger partial charge in [0.25, 0.3) is 0 Å². The minimum Gasteiger partial charge on any atom is -0.489 e. The van der Waals surface area contributed by atoms with E-state index in [1.54, 1.807) is 36.7 Å². The van der Waals surface area contributed by atoms with E-state index in [0.717, 1.165) is 11.3 Å². The third kappa shape index (κ3) is 5.16. The lowest BCUT2D eigenvalue weighted by molar-refractivity contribution is 0.306. The molecule has 102 valence electrons. The van der Waals surface area contributed by atoms with Gasteiger partial charge in [0.05, 0.1) is 0 Å². The van der Waals surface area contributed by atoms with E-state index in [1.807, 2.05) is 12.1 Å². The van der Waals surface area contributed by atoms with Crippen molar-refractivity contribution in [3.8, 4) is 5.75 Å². The molecule has 0 saturated heterocycles. The predicted molar refractivity (Wildman–Crippen MR) is 80.5 cm³/mol. The molecule has 0 saturated carbocycles. The van der Waals surface area contributed by atoms with Crippen molar-refractivity contribution in [3.05, 3.63) is 59.9 Å². The SMILES string of the molecule is Cl.Cl.N=C(N)c1ccc(OCc2cccnc2)cc1. The summed E-state index contributed by atoms with van der Waals surface area (Å²) in [5, 5.41) is 7.27. The fraction of sp³-hybridized carbons (Fsp3) is 0.0769. The molecule has 0 radical (unpaired) electrons. The van der Waals surface area contributed by atoms with Gasteiger partial charge in [-0.3, -0.25) is 10.4 Å². The molecule has 1 aromatic heterocycles. The molecular weight excluding hydrogens is 285 g/mol. The summed E-state index contributed by atoms with van der Waals surface area (Å²) >= 11 is 0. The second-order valence-corrected chi connectivity index (χ2v) is 3.59. The van der Waals surface area contributed by atoms with Gasteiger partial charge in [-0.1, -0.05) is 6.07 Å². The standard InChI is InChI=1S/C13H13N3O.2ClH/c14-13(15)11-3-5-12(6-4-11)17-9-10-2-1-7-16-8-10;;/h1-8H,9H2,(H3,14,15);2*1H. The quantitative estimate of drug-likeness (QED) is 0.673. The maximum Gasteiger partial charge on any atom is 0.122 e. The highest BCUT2D eigenvalue weighted by molar-refractivity contribution is 5.94. The Labute approximate surface area is 124 Å². The van der Waals surface area contributed by atoms with Crippen molar-refractivity contribution in [2.45, 2.75) is 6.61 Å². The number of rotatable bonds is 4. The summed E-state index contributed by atoms with van der Waals surface area (Å²) in [5.74, 6) is 0.808. The number of ether oxygens (including phenoxy) is 1. The molecule has 0 bridgehead atoms. The molecule has 0 atom stereocenters. The van der Waals surface area contributed by atoms with Gasteiger partial charge >= 0.3 is 0 Å². The van der Waals surface area contributed by atoms with Gasteiger partial charge in [-0.05, 0) is 30.3 Å². The number of aromatic nitrogens is 1. The fourth-order valence-corrected chi connectivity index (χ4v) is 1.38. The van der Waals surface area contributed by atoms with Gasteiger partial charge in [0.15, 0.2) is 0 Å². The predicted octanol–water partition coefficient (Wildman–Crippen LogP) is 2.79. The van der Waals surface area contributed by atoms with Crippen LogP contribution in [-0.4, -0.2) is 10.8 Å². The number of nitrogen functional groups attached to an aromatic ring is 1. The van der Waals surface area contributed by atoms with Crippen molar-refractivity contribution in [1.82, 2.24) is 4.98 Å². The molecule has 0 spiro atoms. The first-order chi connectivity index (χ1) is 8.25. The summed E-state index contributed by atoms with van der Waals surface area (Å²) in [4.78, 5) is 4.01. The Hall–Kier alpha value is -1.78. The molecule has 0 aliphatic rings. The average molecular weight is 300 g/mol. The lowest BCUT2D eigenvalue weighted by atomic mass is 10.2. The van der Waals surface area contributed by atoms with Crippen LogP contribution in [0.5, 0.6) is 5.75 Å². The van der Waals surface area contributed by atoms with Crippen molar-refractivity contribution in [2.75, 3.05) is 0 Å². The molecule has 2 aromatic rings. The maximum absolute atomic E-state index is 7.27. The first-order valence-electron chi connectivity index (χ1n) is 5.22. The van der Waals surface area contributed by atoms with Gasteiger partial charge in [-0.25, -0.2) is 0 Å². The van der Waals surface area contributed by atoms with Crippen LogP contribution in [0.15, 0.2) is 48.8 Å². The number of hydrogen-bond donors (Lipinski definition) is 2. The zero-order valence-corrected chi connectivity index (χ0v) is 11.7. The summed E-state index contributed by atoms with van der Waals surface area (Å²) in [6, 6.07) is 11.0. The first kappa shape index (κ1) is 17.2. The van der Waals surface area contributed by atoms with E-state index in [4.69, 9.17) is 15.9 Å². The molecule has 1 aromatic carbocycles. The molecule has 4 nitrogen and oxygen atoms in total. The Balaban J connectivity index is 0.00000162. The summed E-state index contributed by atoms with van der Waals surface area (Å²) in [6.07, 6.45) is 3.50. The van der Waals surface area contributed by atoms with E-state index < -0.39 is 0 Å². The van der Waals surface area contributed by atoms with E-state index in [9.17, 15) is 0 Å². The number of hydrogen-bond acceptors (Lipinski definition) is 3. The number of benzene rings is 1. The van der Waals surface area contributed by atoms with Gasteiger partial charge in [0, 0.05) is 23.5 Å². The lowest BCUT2D eigenvalue weighted by Crippen LogP contribution is -2.10. The van der Waals surface area contributed by atoms with Crippen LogP contribution in [0.25, 0.3) is 0 Å². The van der Waals surface area contributed by atoms with Gasteiger partial charge in [0.1, 0.15) is 18.2 Å². The summed E-state index contributed by atoms with van der Waals surface area (Å²) in [7, 11) is 0. The minimum absolute atomic E-state index is 0. The zero-order chi connectivity index (χ0) is 12.1. The Kier molecular flexibility index (Phi) is 7.56. The van der Waals surface area contributed by atoms with E-state index >= 15 is 0 Å². The summed E-state index contributed by atoms with van der Waals surface area (Å²) in [6.45, 7) is 0.479. The smallest absolute Gasteiger partial charge is 0.122 e. The third-order valence-corrected chi connectivity index (χ3v) is 2.29. The lowest BCUT2D eigenvalue weighted by Gasteiger charge is -2.06. The number of nitrogens with one attached hydrogen (secondary N) is 1. The minimum atomic E-state index is 0. The number of amidine groups is 1. The Bertz CT molecular complexity index is 503. The summed E-state index contributed by atoms with van der Waals surface area (Å²) < 4.78 is 5.58. The molecule has 0 amide bonds. The Morgan fingerprint density at radius 3 is 2.37 bits per heavy atom. The fourth-order valence-electron chi connectivity index (χ4n) is 1.38. The normalized spacial score (nSPS) is 8.84. The molecular formula is C13H15Cl2N3O. The topological polar surface area (TPSA) is 72.0 Å². The number of nitrogens with two attached hydrogens (primary N) is 1. The van der Waals surface area contributed by atoms with Crippen LogP contribution in [0, 0.1) is 5.41 Å². The van der Waals surface area contributed by atoms with Crippen LogP contribution in [0.1, 0.15) is 11.1 Å². The molecule has 0 aliphatic carbocycles. The van der Waals surface area contributed by atoms with Gasteiger partial charge < -0.3 is 10.5 Å². The molecule has 1 heterocycles. The van der Waals surface area contributed by atoms with Gasteiger partial charge in [-0.15, -0.1) is 24.8 Å². The third-order valence-electron chi connectivity index (χ3n) is 2.29. The highest BCUT2D eigenvalue weighted by Crippen LogP contribution is 2.13. The van der Waals surface area contributed by atoms with E-state index in [2.05, 4.69) is 4.98 Å². The van der Waals surface area contributed by atoms with Crippen molar-refractivity contribution >= 4 is 30.6 Å². The maximum atomic E-state index is 7.27. The van der Waals surface area contributed by atoms with Crippen LogP contribution < -0.4 is 10.5 Å². The van der Waals surface area contributed by atoms with Crippen LogP contribution in [0.2, 0.25) is 0 Å². The Morgan fingerprint density at radius 2 is 1.84 bits per heavy atom. The van der Waals surface area contributed by atoms with Crippen LogP contribution in [-0.2, 0) is 6.61 Å². The van der Waals surface area contributed by atoms with E-state index in [1.165, 1.54) is 0 Å². The van der Waals surface area contributed by atoms with Crippen molar-refractivity contribution in [1.29, 1.82) is 5.41 Å². The van der Waals surface area contributed by atoms with Gasteiger partial charge in [-0.2, -0.15) is 0 Å². The van der Waals surface area contributed by atoms with Gasteiger partial charge in [0.2, 0.25) is 0 Å². The molecule has 0 unspecified atom stereocenters. The van der Waals surface area contributed by atoms with E-state index in [0.29, 0.717) is 12.2 Å². The Morgan fingerprint density at radius 1 is 1.16 bits per heavy atom. The second kappa shape index (κ2) is 8.34. The monoisotopic (exact) mass is 299 g/mol. The molecule has 6 heteroatoms. The average Bonchev–Trinajstić information content (AvgIpc) is 2.38. The highest BCUT2D eigenvalue weighted by atomic mass is 35.5. The second-order valence-electron chi connectivity index (χ2n) is 3.59. The van der Waals surface area contributed by atoms with Crippen LogP contribution in [0.3, 0.4) is 0 Å². The van der Waals surface area contributed by atoms with Crippen molar-refractivity contribution < 1.29 is 4.74 Å². The van der Waals surface area contributed by atoms with Crippen LogP contribution in [0.4, 0.5) is 0 Å². The first-order valence-corrected chi connectivity index (χ1v) is 5.22. The largest absolute Gasteiger partial charge is 0.489 e. The van der Waals surface area contributed by atoms with Crippen LogP contribution >= 0.6 is 24.8 Å². The molecule has 0 fully saturated rings. The molecule has 3 N–H and O–H groups in total. The zero-order valence-electron chi connectivity index (χ0n) is 10.1. The van der Waals surface area contributed by atoms with Crippen molar-refractivity contribution in [2.24, 2.45) is 5.73 Å². The molecule has 0 aliphatic heterocycles. The summed E-state index contributed by atoms with van der Waals surface area (Å²) in [5.41, 5.74) is 7.07. The number of halogens is 2. The van der Waals surface area contributed by atoms with Crippen molar-refractivity contribution in [3.63, 3.8) is 0 Å². The number of pyridine rings is 1.